The smallest absolute Gasteiger partial charge is 0.152 e. The van der Waals surface area contributed by atoms with Crippen molar-refractivity contribution in [3.63, 3.8) is 0 Å². The van der Waals surface area contributed by atoms with Crippen molar-refractivity contribution in [1.82, 2.24) is 0 Å². The van der Waals surface area contributed by atoms with Gasteiger partial charge >= 0.3 is 0 Å². The first kappa shape index (κ1) is 14.2. The van der Waals surface area contributed by atoms with Crippen LogP contribution >= 0.6 is 0 Å². The zero-order chi connectivity index (χ0) is 14.0. The molecule has 1 heterocycles. The highest BCUT2D eigenvalue weighted by molar-refractivity contribution is 7.84. The molecule has 1 aliphatic heterocycles. The average Bonchev–Trinajstić information content (AvgIpc) is 2.36. The van der Waals surface area contributed by atoms with Gasteiger partial charge in [0.15, 0.2) is 6.29 Å². The number of morpholine rings is 1. The Morgan fingerprint density at radius 1 is 1.32 bits per heavy atom. The molecule has 0 amide bonds. The first-order valence-corrected chi connectivity index (χ1v) is 7.90. The Morgan fingerprint density at radius 2 is 1.95 bits per heavy atom. The molecule has 4 nitrogen and oxygen atoms in total. The van der Waals surface area contributed by atoms with Gasteiger partial charge in [-0.05, 0) is 32.0 Å². The van der Waals surface area contributed by atoms with E-state index in [0.29, 0.717) is 10.5 Å². The SMILES string of the molecule is CC1CN(c2ccc(S(C)=O)cc2C=O)CC(C)O1. The summed E-state index contributed by atoms with van der Waals surface area (Å²) in [6, 6.07) is 5.41. The van der Waals surface area contributed by atoms with Crippen LogP contribution in [0.3, 0.4) is 0 Å². The molecule has 0 saturated carbocycles. The molecule has 1 aromatic carbocycles. The summed E-state index contributed by atoms with van der Waals surface area (Å²) in [5.41, 5.74) is 1.49. The molecule has 5 heteroatoms. The fraction of sp³-hybridized carbons (Fsp3) is 0.500. The highest BCUT2D eigenvalue weighted by Gasteiger charge is 2.24. The summed E-state index contributed by atoms with van der Waals surface area (Å²) in [5, 5.41) is 0. The number of carbonyl (C=O) groups excluding carboxylic acids is 1. The standard InChI is InChI=1S/C14H19NO3S/c1-10-7-15(8-11(2)18-10)14-5-4-13(19(3)17)6-12(14)9-16/h4-6,9-11H,7-8H2,1-3H3. The van der Waals surface area contributed by atoms with Crippen molar-refractivity contribution in [1.29, 1.82) is 0 Å². The lowest BCUT2D eigenvalue weighted by atomic mass is 10.1. The molecule has 1 aromatic rings. The molecule has 0 radical (unpaired) electrons. The van der Waals surface area contributed by atoms with Gasteiger partial charge in [0.1, 0.15) is 0 Å². The predicted octanol–water partition coefficient (Wildman–Crippen LogP) is 1.85. The number of rotatable bonds is 3. The lowest BCUT2D eigenvalue weighted by Gasteiger charge is -2.37. The molecule has 0 aliphatic carbocycles. The zero-order valence-electron chi connectivity index (χ0n) is 11.5. The van der Waals surface area contributed by atoms with E-state index in [4.69, 9.17) is 4.74 Å². The van der Waals surface area contributed by atoms with Crippen molar-refractivity contribution in [2.45, 2.75) is 31.0 Å². The van der Waals surface area contributed by atoms with Gasteiger partial charge in [0.05, 0.1) is 12.2 Å². The van der Waals surface area contributed by atoms with Gasteiger partial charge in [0, 0.05) is 46.3 Å². The van der Waals surface area contributed by atoms with Crippen LogP contribution in [0.1, 0.15) is 24.2 Å². The maximum atomic E-state index is 11.5. The summed E-state index contributed by atoms with van der Waals surface area (Å²) < 4.78 is 17.2. The van der Waals surface area contributed by atoms with Gasteiger partial charge in [-0.2, -0.15) is 0 Å². The van der Waals surface area contributed by atoms with Crippen molar-refractivity contribution in [3.05, 3.63) is 23.8 Å². The van der Waals surface area contributed by atoms with Gasteiger partial charge in [0.25, 0.3) is 0 Å². The Kier molecular flexibility index (Phi) is 4.37. The Morgan fingerprint density at radius 3 is 2.47 bits per heavy atom. The molecule has 1 aliphatic rings. The lowest BCUT2D eigenvalue weighted by Crippen LogP contribution is -2.45. The van der Waals surface area contributed by atoms with Crippen molar-refractivity contribution < 1.29 is 13.7 Å². The van der Waals surface area contributed by atoms with Crippen LogP contribution in [-0.2, 0) is 15.5 Å². The van der Waals surface area contributed by atoms with E-state index in [9.17, 15) is 9.00 Å². The third-order valence-electron chi connectivity index (χ3n) is 3.22. The number of hydrogen-bond acceptors (Lipinski definition) is 4. The summed E-state index contributed by atoms with van der Waals surface area (Å²) in [6.45, 7) is 5.58. The molecule has 0 spiro atoms. The van der Waals surface area contributed by atoms with E-state index in [2.05, 4.69) is 4.90 Å². The molecule has 3 unspecified atom stereocenters. The van der Waals surface area contributed by atoms with E-state index in [0.717, 1.165) is 25.1 Å². The second kappa shape index (κ2) is 5.84. The van der Waals surface area contributed by atoms with E-state index in [1.165, 1.54) is 0 Å². The van der Waals surface area contributed by atoms with Gasteiger partial charge in [-0.15, -0.1) is 0 Å². The van der Waals surface area contributed by atoms with Crippen molar-refractivity contribution in [2.75, 3.05) is 24.2 Å². The number of hydrogen-bond donors (Lipinski definition) is 0. The van der Waals surface area contributed by atoms with E-state index in [-0.39, 0.29) is 12.2 Å². The minimum atomic E-state index is -1.07. The summed E-state index contributed by atoms with van der Waals surface area (Å²) in [7, 11) is -1.07. The first-order valence-electron chi connectivity index (χ1n) is 6.34. The minimum Gasteiger partial charge on any atom is -0.372 e. The maximum absolute atomic E-state index is 11.5. The lowest BCUT2D eigenvalue weighted by molar-refractivity contribution is -0.00525. The molecule has 1 fully saturated rings. The van der Waals surface area contributed by atoms with E-state index in [1.807, 2.05) is 26.0 Å². The maximum Gasteiger partial charge on any atom is 0.152 e. The van der Waals surface area contributed by atoms with Crippen LogP contribution in [0.15, 0.2) is 23.1 Å². The van der Waals surface area contributed by atoms with Gasteiger partial charge in [-0.25, -0.2) is 0 Å². The van der Waals surface area contributed by atoms with Crippen LogP contribution in [0.5, 0.6) is 0 Å². The summed E-state index contributed by atoms with van der Waals surface area (Å²) >= 11 is 0. The molecule has 3 atom stereocenters. The minimum absolute atomic E-state index is 0.142. The quantitative estimate of drug-likeness (QED) is 0.793. The molecule has 0 N–H and O–H groups in total. The Balaban J connectivity index is 2.33. The van der Waals surface area contributed by atoms with Crippen molar-refractivity contribution in [3.8, 4) is 0 Å². The van der Waals surface area contributed by atoms with E-state index < -0.39 is 10.8 Å². The second-order valence-corrected chi connectivity index (χ2v) is 6.33. The van der Waals surface area contributed by atoms with Gasteiger partial charge in [-0.3, -0.25) is 9.00 Å². The van der Waals surface area contributed by atoms with Crippen LogP contribution in [0.2, 0.25) is 0 Å². The molecule has 0 aromatic heterocycles. The van der Waals surface area contributed by atoms with Crippen molar-refractivity contribution >= 4 is 22.8 Å². The van der Waals surface area contributed by atoms with Gasteiger partial charge < -0.3 is 9.64 Å². The molecule has 104 valence electrons. The van der Waals surface area contributed by atoms with E-state index >= 15 is 0 Å². The number of nitrogens with zero attached hydrogens (tertiary/aromatic N) is 1. The highest BCUT2D eigenvalue weighted by atomic mass is 32.2. The molecular formula is C14H19NO3S. The van der Waals surface area contributed by atoms with Crippen LogP contribution in [0.25, 0.3) is 0 Å². The zero-order valence-corrected chi connectivity index (χ0v) is 12.3. The second-order valence-electron chi connectivity index (χ2n) is 4.95. The monoisotopic (exact) mass is 281 g/mol. The van der Waals surface area contributed by atoms with Crippen LogP contribution in [0, 0.1) is 0 Å². The van der Waals surface area contributed by atoms with Crippen LogP contribution in [0.4, 0.5) is 5.69 Å². The van der Waals surface area contributed by atoms with Crippen molar-refractivity contribution in [2.24, 2.45) is 0 Å². The molecule has 1 saturated heterocycles. The number of anilines is 1. The first-order chi connectivity index (χ1) is 9.01. The average molecular weight is 281 g/mol. The third-order valence-corrected chi connectivity index (χ3v) is 4.14. The largest absolute Gasteiger partial charge is 0.372 e. The van der Waals surface area contributed by atoms with Gasteiger partial charge in [-0.1, -0.05) is 0 Å². The number of carbonyl (C=O) groups is 1. The fourth-order valence-corrected chi connectivity index (χ4v) is 3.02. The number of aldehydes is 1. The Labute approximate surface area is 116 Å². The summed E-state index contributed by atoms with van der Waals surface area (Å²) in [5.74, 6) is 0. The fourth-order valence-electron chi connectivity index (χ4n) is 2.47. The topological polar surface area (TPSA) is 46.6 Å². The van der Waals surface area contributed by atoms with Gasteiger partial charge in [0.2, 0.25) is 0 Å². The van der Waals surface area contributed by atoms with E-state index in [1.54, 1.807) is 12.3 Å². The molecule has 19 heavy (non-hydrogen) atoms. The molecule has 0 bridgehead atoms. The van der Waals surface area contributed by atoms with Crippen LogP contribution < -0.4 is 4.90 Å². The normalized spacial score (nSPS) is 25.1. The summed E-state index contributed by atoms with van der Waals surface area (Å²) in [4.78, 5) is 14.1. The Bertz CT molecular complexity index is 493. The third kappa shape index (κ3) is 3.22. The van der Waals surface area contributed by atoms with Crippen LogP contribution in [-0.4, -0.2) is 42.0 Å². The Hall–Kier alpha value is -1.20. The number of benzene rings is 1. The predicted molar refractivity (Wildman–Crippen MR) is 76.4 cm³/mol. The highest BCUT2D eigenvalue weighted by Crippen LogP contribution is 2.25. The number of ether oxygens (including phenoxy) is 1. The molecular weight excluding hydrogens is 262 g/mol. The molecule has 2 rings (SSSR count). The summed E-state index contributed by atoms with van der Waals surface area (Å²) in [6.07, 6.45) is 2.73.